The highest BCUT2D eigenvalue weighted by Gasteiger charge is 2.32. The lowest BCUT2D eigenvalue weighted by molar-refractivity contribution is 0.322. The van der Waals surface area contributed by atoms with Crippen LogP contribution in [0.1, 0.15) is 64.0 Å². The Hall–Kier alpha value is -1.07. The van der Waals surface area contributed by atoms with Crippen molar-refractivity contribution in [3.05, 3.63) is 29.3 Å². The summed E-state index contributed by atoms with van der Waals surface area (Å²) in [6.07, 6.45) is 7.75. The van der Waals surface area contributed by atoms with E-state index >= 15 is 0 Å². The molecule has 0 amide bonds. The van der Waals surface area contributed by atoms with Crippen LogP contribution >= 0.6 is 0 Å². The molecule has 0 atom stereocenters. The molecule has 0 unspecified atom stereocenters. The fourth-order valence-electron chi connectivity index (χ4n) is 3.82. The van der Waals surface area contributed by atoms with E-state index in [-0.39, 0.29) is 6.04 Å². The number of hydrogen-bond donors (Lipinski definition) is 2. The lowest BCUT2D eigenvalue weighted by atomic mass is 9.86. The van der Waals surface area contributed by atoms with E-state index in [1.54, 1.807) is 20.8 Å². The van der Waals surface area contributed by atoms with E-state index in [0.29, 0.717) is 5.92 Å². The van der Waals surface area contributed by atoms with Crippen molar-refractivity contribution in [3.63, 3.8) is 0 Å². The number of fused-ring (bicyclic) bond motifs is 1. The van der Waals surface area contributed by atoms with Crippen LogP contribution in [0.4, 0.5) is 5.69 Å². The molecule has 0 aliphatic heterocycles. The van der Waals surface area contributed by atoms with Crippen molar-refractivity contribution >= 4 is 15.7 Å². The van der Waals surface area contributed by atoms with Gasteiger partial charge in [-0.2, -0.15) is 0 Å². The predicted molar refractivity (Wildman–Crippen MR) is 105 cm³/mol. The minimum absolute atomic E-state index is 0.0977. The van der Waals surface area contributed by atoms with Crippen LogP contribution in [-0.4, -0.2) is 25.8 Å². The Labute approximate surface area is 152 Å². The topological polar surface area (TPSA) is 58.2 Å². The van der Waals surface area contributed by atoms with Crippen molar-refractivity contribution in [2.75, 3.05) is 11.9 Å². The summed E-state index contributed by atoms with van der Waals surface area (Å²) in [5.74, 6) is 0.628. The summed E-state index contributed by atoms with van der Waals surface area (Å²) < 4.78 is 26.7. The van der Waals surface area contributed by atoms with Gasteiger partial charge in [0.2, 0.25) is 10.0 Å². The fourth-order valence-corrected chi connectivity index (χ4v) is 4.85. The average molecular weight is 365 g/mol. The summed E-state index contributed by atoms with van der Waals surface area (Å²) in [5.41, 5.74) is 4.25. The standard InChI is InChI=1S/C20H32N2O2S/c1-20(2,3)25(23,24)22-18-10-7-15(8-11-18)14-21-19-12-9-16-5-4-6-17(16)13-19/h9,12-13,15,18,21-22H,4-8,10-11,14H2,1-3H3. The van der Waals surface area contributed by atoms with E-state index in [0.717, 1.165) is 32.2 Å². The molecule has 1 saturated carbocycles. The largest absolute Gasteiger partial charge is 0.385 e. The minimum atomic E-state index is -3.24. The first-order chi connectivity index (χ1) is 11.7. The lowest BCUT2D eigenvalue weighted by Gasteiger charge is -2.31. The highest BCUT2D eigenvalue weighted by atomic mass is 32.2. The zero-order chi connectivity index (χ0) is 18.1. The summed E-state index contributed by atoms with van der Waals surface area (Å²) in [7, 11) is -3.24. The van der Waals surface area contributed by atoms with Crippen LogP contribution in [0.15, 0.2) is 18.2 Å². The van der Waals surface area contributed by atoms with E-state index in [4.69, 9.17) is 0 Å². The van der Waals surface area contributed by atoms with Crippen LogP contribution in [0.25, 0.3) is 0 Å². The van der Waals surface area contributed by atoms with Gasteiger partial charge >= 0.3 is 0 Å². The van der Waals surface area contributed by atoms with Gasteiger partial charge in [0.15, 0.2) is 0 Å². The first-order valence-corrected chi connectivity index (χ1v) is 11.1. The summed E-state index contributed by atoms with van der Waals surface area (Å²) in [6.45, 7) is 6.24. The Balaban J connectivity index is 1.45. The van der Waals surface area contributed by atoms with Crippen molar-refractivity contribution in [1.29, 1.82) is 0 Å². The molecule has 0 heterocycles. The van der Waals surface area contributed by atoms with E-state index in [2.05, 4.69) is 28.2 Å². The minimum Gasteiger partial charge on any atom is -0.385 e. The Morgan fingerprint density at radius 2 is 1.72 bits per heavy atom. The van der Waals surface area contributed by atoms with Crippen LogP contribution in [0.2, 0.25) is 0 Å². The first-order valence-electron chi connectivity index (χ1n) is 9.62. The van der Waals surface area contributed by atoms with Gasteiger partial charge in [-0.3, -0.25) is 0 Å². The highest BCUT2D eigenvalue weighted by Crippen LogP contribution is 2.28. The third kappa shape index (κ3) is 4.56. The number of benzene rings is 1. The second-order valence-electron chi connectivity index (χ2n) is 8.67. The fraction of sp³-hybridized carbons (Fsp3) is 0.700. The van der Waals surface area contributed by atoms with Crippen LogP contribution < -0.4 is 10.0 Å². The predicted octanol–water partition coefficient (Wildman–Crippen LogP) is 3.86. The third-order valence-electron chi connectivity index (χ3n) is 5.67. The van der Waals surface area contributed by atoms with Gasteiger partial charge in [0.25, 0.3) is 0 Å². The zero-order valence-electron chi connectivity index (χ0n) is 15.8. The molecule has 0 spiro atoms. The summed E-state index contributed by atoms with van der Waals surface area (Å²) in [6, 6.07) is 6.88. The second kappa shape index (κ2) is 7.28. The molecular formula is C20H32N2O2S. The van der Waals surface area contributed by atoms with Gasteiger partial charge in [-0.1, -0.05) is 6.07 Å². The van der Waals surface area contributed by atoms with Gasteiger partial charge < -0.3 is 5.32 Å². The molecule has 2 aliphatic carbocycles. The molecule has 25 heavy (non-hydrogen) atoms. The van der Waals surface area contributed by atoms with Crippen LogP contribution in [0.3, 0.4) is 0 Å². The molecule has 1 fully saturated rings. The molecule has 2 aliphatic rings. The molecule has 2 N–H and O–H groups in total. The zero-order valence-corrected chi connectivity index (χ0v) is 16.6. The molecule has 0 radical (unpaired) electrons. The molecule has 4 nitrogen and oxygen atoms in total. The van der Waals surface area contributed by atoms with E-state index < -0.39 is 14.8 Å². The van der Waals surface area contributed by atoms with Gasteiger partial charge in [-0.05, 0) is 94.9 Å². The van der Waals surface area contributed by atoms with Crippen LogP contribution in [0, 0.1) is 5.92 Å². The highest BCUT2D eigenvalue weighted by molar-refractivity contribution is 7.90. The molecule has 140 valence electrons. The Morgan fingerprint density at radius 1 is 1.04 bits per heavy atom. The van der Waals surface area contributed by atoms with E-state index in [1.807, 2.05) is 0 Å². The smallest absolute Gasteiger partial charge is 0.216 e. The van der Waals surface area contributed by atoms with Crippen LogP contribution in [-0.2, 0) is 22.9 Å². The quantitative estimate of drug-likeness (QED) is 0.834. The first kappa shape index (κ1) is 18.7. The Bertz CT molecular complexity index is 699. The van der Waals surface area contributed by atoms with Crippen molar-refractivity contribution in [2.45, 2.75) is 76.5 Å². The number of nitrogens with one attached hydrogen (secondary N) is 2. The Morgan fingerprint density at radius 3 is 2.40 bits per heavy atom. The van der Waals surface area contributed by atoms with Gasteiger partial charge in [-0.15, -0.1) is 0 Å². The van der Waals surface area contributed by atoms with Gasteiger partial charge in [0, 0.05) is 18.3 Å². The van der Waals surface area contributed by atoms with Crippen molar-refractivity contribution < 1.29 is 8.42 Å². The molecule has 1 aromatic carbocycles. The summed E-state index contributed by atoms with van der Waals surface area (Å²) in [5, 5.41) is 3.59. The molecule has 1 aromatic rings. The molecule has 0 saturated heterocycles. The molecule has 3 rings (SSSR count). The Kier molecular flexibility index (Phi) is 5.45. The third-order valence-corrected chi connectivity index (χ3v) is 7.92. The normalized spacial score (nSPS) is 24.1. The van der Waals surface area contributed by atoms with E-state index in [1.165, 1.54) is 36.1 Å². The van der Waals surface area contributed by atoms with Crippen molar-refractivity contribution in [1.82, 2.24) is 4.72 Å². The summed E-state index contributed by atoms with van der Waals surface area (Å²) in [4.78, 5) is 0. The van der Waals surface area contributed by atoms with E-state index in [9.17, 15) is 8.42 Å². The maximum atomic E-state index is 12.3. The van der Waals surface area contributed by atoms with Crippen LogP contribution in [0.5, 0.6) is 0 Å². The number of sulfonamides is 1. The molecular weight excluding hydrogens is 332 g/mol. The monoisotopic (exact) mass is 364 g/mol. The van der Waals surface area contributed by atoms with Gasteiger partial charge in [0.1, 0.15) is 0 Å². The van der Waals surface area contributed by atoms with Gasteiger partial charge in [-0.25, -0.2) is 13.1 Å². The number of aryl methyl sites for hydroxylation is 2. The molecule has 0 aromatic heterocycles. The molecule has 0 bridgehead atoms. The average Bonchev–Trinajstić information content (AvgIpc) is 3.00. The second-order valence-corrected chi connectivity index (χ2v) is 11.1. The lowest BCUT2D eigenvalue weighted by Crippen LogP contribution is -2.46. The van der Waals surface area contributed by atoms with Crippen molar-refractivity contribution in [3.8, 4) is 0 Å². The maximum absolute atomic E-state index is 12.3. The summed E-state index contributed by atoms with van der Waals surface area (Å²) >= 11 is 0. The number of rotatable bonds is 5. The molecule has 5 heteroatoms. The van der Waals surface area contributed by atoms with Crippen molar-refractivity contribution in [2.24, 2.45) is 5.92 Å². The number of anilines is 1. The number of hydrogen-bond acceptors (Lipinski definition) is 3. The SMILES string of the molecule is CC(C)(C)S(=O)(=O)NC1CCC(CNc2ccc3c(c2)CCC3)CC1. The maximum Gasteiger partial charge on any atom is 0.216 e. The van der Waals surface area contributed by atoms with Gasteiger partial charge in [0.05, 0.1) is 4.75 Å².